The van der Waals surface area contributed by atoms with Crippen molar-refractivity contribution in [2.75, 3.05) is 4.81 Å². The van der Waals surface area contributed by atoms with E-state index in [2.05, 4.69) is 124 Å². The van der Waals surface area contributed by atoms with E-state index in [1.807, 2.05) is 36.5 Å². The molecule has 0 aliphatic carbocycles. The Kier molecular flexibility index (Phi) is 7.09. The maximum Gasteiger partial charge on any atom is 0.320 e. The van der Waals surface area contributed by atoms with Gasteiger partial charge in [0.15, 0.2) is 17.5 Å². The Hall–Kier alpha value is -7.06. The third-order valence-corrected chi connectivity index (χ3v) is 9.80. The van der Waals surface area contributed by atoms with E-state index < -0.39 is 0 Å². The SMILES string of the molecule is C1=CC(c2nc(-c3ccncc3)nc(-c3ccncc3)n2)=CN2B1c1ccc(-c3ccccc3-c3ccccc3)cc1-c1ccc3cccnc3c12. The summed E-state index contributed by atoms with van der Waals surface area (Å²) < 4.78 is 0. The van der Waals surface area contributed by atoms with Gasteiger partial charge in [0.25, 0.3) is 0 Å². The monoisotopic (exact) mass is 665 g/mol. The summed E-state index contributed by atoms with van der Waals surface area (Å²) in [5.74, 6) is 3.99. The van der Waals surface area contributed by atoms with E-state index in [-0.39, 0.29) is 6.85 Å². The van der Waals surface area contributed by atoms with Crippen molar-refractivity contribution in [3.8, 4) is 56.2 Å². The molecule has 10 rings (SSSR count). The Balaban J connectivity index is 1.14. The smallest absolute Gasteiger partial charge is 0.320 e. The van der Waals surface area contributed by atoms with Crippen LogP contribution < -0.4 is 10.3 Å². The molecule has 4 aromatic carbocycles. The number of hydrogen-bond acceptors (Lipinski definition) is 7. The van der Waals surface area contributed by atoms with Gasteiger partial charge in [-0.15, -0.1) is 0 Å². The van der Waals surface area contributed by atoms with Crippen LogP contribution in [0.15, 0.2) is 171 Å². The van der Waals surface area contributed by atoms with Crippen molar-refractivity contribution in [2.45, 2.75) is 0 Å². The lowest BCUT2D eigenvalue weighted by atomic mass is 9.49. The third kappa shape index (κ3) is 5.08. The lowest BCUT2D eigenvalue weighted by molar-refractivity contribution is 1.03. The van der Waals surface area contributed by atoms with Crippen LogP contribution in [0.25, 0.3) is 72.6 Å². The summed E-state index contributed by atoms with van der Waals surface area (Å²) >= 11 is 0. The van der Waals surface area contributed by atoms with Crippen molar-refractivity contribution in [3.05, 3.63) is 176 Å². The molecule has 0 N–H and O–H groups in total. The molecule has 0 bridgehead atoms. The zero-order chi connectivity index (χ0) is 34.4. The van der Waals surface area contributed by atoms with Crippen molar-refractivity contribution >= 4 is 34.5 Å². The molecule has 0 saturated heterocycles. The van der Waals surface area contributed by atoms with Gasteiger partial charge in [0, 0.05) is 64.8 Å². The molecule has 4 aromatic heterocycles. The van der Waals surface area contributed by atoms with Crippen molar-refractivity contribution in [2.24, 2.45) is 0 Å². The Morgan fingerprint density at radius 2 is 1.15 bits per heavy atom. The zero-order valence-electron chi connectivity index (χ0n) is 27.9. The molecule has 0 amide bonds. The summed E-state index contributed by atoms with van der Waals surface area (Å²) in [5, 5.41) is 1.08. The van der Waals surface area contributed by atoms with Gasteiger partial charge in [-0.3, -0.25) is 15.0 Å². The summed E-state index contributed by atoms with van der Waals surface area (Å²) in [7, 11) is 0. The van der Waals surface area contributed by atoms with Crippen LogP contribution in [0.5, 0.6) is 0 Å². The van der Waals surface area contributed by atoms with E-state index in [0.717, 1.165) is 38.9 Å². The average Bonchev–Trinajstić information content (AvgIpc) is 3.24. The van der Waals surface area contributed by atoms with Gasteiger partial charge in [0.2, 0.25) is 0 Å². The first kappa shape index (κ1) is 29.8. The second-order valence-electron chi connectivity index (χ2n) is 12.8. The first-order valence-electron chi connectivity index (χ1n) is 17.2. The Labute approximate surface area is 300 Å². The molecule has 52 heavy (non-hydrogen) atoms. The second kappa shape index (κ2) is 12.4. The van der Waals surface area contributed by atoms with Crippen LogP contribution in [0.1, 0.15) is 5.82 Å². The summed E-state index contributed by atoms with van der Waals surface area (Å²) in [6.45, 7) is -0.0570. The molecule has 0 atom stereocenters. The van der Waals surface area contributed by atoms with Crippen LogP contribution in [-0.4, -0.2) is 36.8 Å². The van der Waals surface area contributed by atoms with E-state index in [1.165, 1.54) is 33.3 Å². The third-order valence-electron chi connectivity index (χ3n) is 9.80. The number of allylic oxidation sites excluding steroid dienone is 2. The number of hydrogen-bond donors (Lipinski definition) is 0. The number of nitrogens with zero attached hydrogens (tertiary/aromatic N) is 7. The van der Waals surface area contributed by atoms with Gasteiger partial charge in [-0.05, 0) is 69.7 Å². The van der Waals surface area contributed by atoms with Gasteiger partial charge in [0.1, 0.15) is 0 Å². The molecule has 0 fully saturated rings. The van der Waals surface area contributed by atoms with Gasteiger partial charge in [-0.2, -0.15) is 0 Å². The van der Waals surface area contributed by atoms with Gasteiger partial charge < -0.3 is 4.81 Å². The number of fused-ring (bicyclic) bond motifs is 8. The second-order valence-corrected chi connectivity index (χ2v) is 12.8. The minimum atomic E-state index is -0.0570. The summed E-state index contributed by atoms with van der Waals surface area (Å²) in [4.78, 5) is 30.6. The predicted molar refractivity (Wildman–Crippen MR) is 209 cm³/mol. The molecule has 0 saturated carbocycles. The van der Waals surface area contributed by atoms with Gasteiger partial charge >= 0.3 is 6.85 Å². The Morgan fingerprint density at radius 1 is 0.481 bits per heavy atom. The molecular formula is C44H28BN7. The number of anilines is 1. The highest BCUT2D eigenvalue weighted by molar-refractivity contribution is 6.84. The van der Waals surface area contributed by atoms with E-state index in [0.29, 0.717) is 17.5 Å². The number of rotatable bonds is 5. The molecular weight excluding hydrogens is 637 g/mol. The fourth-order valence-corrected chi connectivity index (χ4v) is 7.34. The maximum absolute atomic E-state index is 5.00. The van der Waals surface area contributed by atoms with Crippen LogP contribution in [-0.2, 0) is 0 Å². The molecule has 0 spiro atoms. The highest BCUT2D eigenvalue weighted by atomic mass is 15.1. The van der Waals surface area contributed by atoms with E-state index in [1.54, 1.807) is 24.8 Å². The van der Waals surface area contributed by atoms with Gasteiger partial charge in [-0.1, -0.05) is 97.0 Å². The number of benzene rings is 4. The lowest BCUT2D eigenvalue weighted by Gasteiger charge is -2.37. The molecule has 2 aliphatic heterocycles. The fourth-order valence-electron chi connectivity index (χ4n) is 7.34. The van der Waals surface area contributed by atoms with E-state index in [4.69, 9.17) is 19.9 Å². The summed E-state index contributed by atoms with van der Waals surface area (Å²) in [6, 6.07) is 42.3. The molecule has 8 aromatic rings. The molecule has 0 radical (unpaired) electrons. The summed E-state index contributed by atoms with van der Waals surface area (Å²) in [5.41, 5.74) is 12.9. The van der Waals surface area contributed by atoms with Crippen molar-refractivity contribution < 1.29 is 0 Å². The number of aromatic nitrogens is 6. The van der Waals surface area contributed by atoms with Crippen LogP contribution >= 0.6 is 0 Å². The highest BCUT2D eigenvalue weighted by Gasteiger charge is 2.36. The van der Waals surface area contributed by atoms with Gasteiger partial charge in [0.05, 0.1) is 11.2 Å². The minimum Gasteiger partial charge on any atom is -0.381 e. The fraction of sp³-hybridized carbons (Fsp3) is 0. The maximum atomic E-state index is 5.00. The highest BCUT2D eigenvalue weighted by Crippen LogP contribution is 2.44. The predicted octanol–water partition coefficient (Wildman–Crippen LogP) is 8.71. The first-order chi connectivity index (χ1) is 25.8. The molecule has 8 heteroatoms. The minimum absolute atomic E-state index is 0.0570. The standard InChI is InChI=1S/C44H28BN7/c1-2-7-29(8-3-1)35-10-4-5-11-36(35)33-13-15-39-38(27-33)37-14-12-30-9-6-22-48-40(30)41(37)52-28-34(16-21-45(39)52)44-50-42(31-17-23-46-24-18-31)49-43(51-44)32-19-25-47-26-20-32/h1-28H. The molecule has 242 valence electrons. The zero-order valence-corrected chi connectivity index (χ0v) is 27.9. The molecule has 2 aliphatic rings. The molecule has 6 heterocycles. The molecule has 0 unspecified atom stereocenters. The van der Waals surface area contributed by atoms with Crippen molar-refractivity contribution in [1.29, 1.82) is 0 Å². The average molecular weight is 666 g/mol. The van der Waals surface area contributed by atoms with Crippen LogP contribution in [0.2, 0.25) is 0 Å². The van der Waals surface area contributed by atoms with E-state index in [9.17, 15) is 0 Å². The van der Waals surface area contributed by atoms with Crippen LogP contribution in [0, 0.1) is 0 Å². The van der Waals surface area contributed by atoms with Crippen LogP contribution in [0.4, 0.5) is 5.69 Å². The Morgan fingerprint density at radius 3 is 1.88 bits per heavy atom. The normalized spacial score (nSPS) is 13.0. The summed E-state index contributed by atoms with van der Waals surface area (Å²) in [6.07, 6.45) is 13.2. The quantitative estimate of drug-likeness (QED) is 0.170. The Bertz CT molecular complexity index is 2640. The van der Waals surface area contributed by atoms with Crippen molar-refractivity contribution in [1.82, 2.24) is 29.9 Å². The largest absolute Gasteiger partial charge is 0.381 e. The van der Waals surface area contributed by atoms with E-state index >= 15 is 0 Å². The number of pyridine rings is 3. The van der Waals surface area contributed by atoms with Crippen LogP contribution in [0.3, 0.4) is 0 Å². The molecule has 7 nitrogen and oxygen atoms in total. The first-order valence-corrected chi connectivity index (χ1v) is 17.2. The topological polar surface area (TPSA) is 80.6 Å². The van der Waals surface area contributed by atoms with Gasteiger partial charge in [-0.25, -0.2) is 15.0 Å². The lowest BCUT2D eigenvalue weighted by Crippen LogP contribution is -2.49. The van der Waals surface area contributed by atoms with Crippen molar-refractivity contribution in [3.63, 3.8) is 0 Å².